The second-order valence-corrected chi connectivity index (χ2v) is 6.72. The summed E-state index contributed by atoms with van der Waals surface area (Å²) in [5, 5.41) is 2.86. The van der Waals surface area contributed by atoms with Crippen LogP contribution in [0.25, 0.3) is 0 Å². The number of pyridine rings is 1. The van der Waals surface area contributed by atoms with Crippen LogP contribution in [-0.2, 0) is 4.79 Å². The summed E-state index contributed by atoms with van der Waals surface area (Å²) in [6.45, 7) is 6.63. The van der Waals surface area contributed by atoms with Gasteiger partial charge in [0, 0.05) is 25.6 Å². The summed E-state index contributed by atoms with van der Waals surface area (Å²) in [5.41, 5.74) is 1.82. The van der Waals surface area contributed by atoms with Gasteiger partial charge in [0.2, 0.25) is 5.91 Å². The Morgan fingerprint density at radius 1 is 1.31 bits per heavy atom. The Balaban J connectivity index is 1.60. The third-order valence-electron chi connectivity index (χ3n) is 4.51. The van der Waals surface area contributed by atoms with Gasteiger partial charge in [0.1, 0.15) is 11.9 Å². The Morgan fingerprint density at radius 3 is 2.73 bits per heavy atom. The van der Waals surface area contributed by atoms with Crippen LogP contribution in [0.15, 0.2) is 36.4 Å². The molecule has 0 bridgehead atoms. The van der Waals surface area contributed by atoms with Crippen LogP contribution in [0.5, 0.6) is 5.75 Å². The Bertz CT molecular complexity index is 779. The van der Waals surface area contributed by atoms with Gasteiger partial charge < -0.3 is 15.0 Å². The Hall–Kier alpha value is -2.63. The maximum atomic E-state index is 14.0. The average Bonchev–Trinajstić information content (AvgIpc) is 3.05. The van der Waals surface area contributed by atoms with Crippen LogP contribution in [0.3, 0.4) is 0 Å². The Kier molecular flexibility index (Phi) is 5.40. The van der Waals surface area contributed by atoms with Gasteiger partial charge in [0.05, 0.1) is 12.6 Å². The van der Waals surface area contributed by atoms with E-state index in [1.54, 1.807) is 6.07 Å². The molecule has 2 aromatic rings. The number of nitrogens with one attached hydrogen (secondary N) is 1. The highest BCUT2D eigenvalue weighted by Crippen LogP contribution is 2.25. The lowest BCUT2D eigenvalue weighted by molar-refractivity contribution is -0.119. The zero-order chi connectivity index (χ0) is 18.7. The quantitative estimate of drug-likeness (QED) is 0.891. The Labute approximate surface area is 153 Å². The third-order valence-corrected chi connectivity index (χ3v) is 4.51. The van der Waals surface area contributed by atoms with Gasteiger partial charge in [-0.2, -0.15) is 0 Å². The molecule has 1 N–H and O–H groups in total. The standard InChI is InChI=1S/C20H24FN3O2/c1-13-4-9-19(21)20(22-13)24-11-10-18(12-24)26-17-7-5-16(6-8-17)14(2)23-15(3)25/h4-9,14,18H,10-12H2,1-3H3,(H,23,25)/t14-,18?/m0/s1. The number of rotatable bonds is 5. The van der Waals surface area contributed by atoms with Gasteiger partial charge in [-0.05, 0) is 43.7 Å². The summed E-state index contributed by atoms with van der Waals surface area (Å²) in [6, 6.07) is 10.8. The minimum absolute atomic E-state index is 0.00432. The van der Waals surface area contributed by atoms with Crippen molar-refractivity contribution in [1.82, 2.24) is 10.3 Å². The number of halogens is 1. The van der Waals surface area contributed by atoms with Crippen LogP contribution in [0.4, 0.5) is 10.2 Å². The molecule has 1 saturated heterocycles. The highest BCUT2D eigenvalue weighted by Gasteiger charge is 2.27. The highest BCUT2D eigenvalue weighted by molar-refractivity contribution is 5.73. The highest BCUT2D eigenvalue weighted by atomic mass is 19.1. The first-order chi connectivity index (χ1) is 12.4. The van der Waals surface area contributed by atoms with E-state index in [0.717, 1.165) is 30.0 Å². The largest absolute Gasteiger partial charge is 0.489 e. The number of hydrogen-bond acceptors (Lipinski definition) is 4. The second-order valence-electron chi connectivity index (χ2n) is 6.72. The summed E-state index contributed by atoms with van der Waals surface area (Å²) < 4.78 is 20.0. The lowest BCUT2D eigenvalue weighted by atomic mass is 10.1. The van der Waals surface area contributed by atoms with E-state index in [9.17, 15) is 9.18 Å². The maximum Gasteiger partial charge on any atom is 0.217 e. The number of hydrogen-bond donors (Lipinski definition) is 1. The molecule has 2 atom stereocenters. The van der Waals surface area contributed by atoms with Crippen LogP contribution in [0.2, 0.25) is 0 Å². The summed E-state index contributed by atoms with van der Waals surface area (Å²) in [6.07, 6.45) is 0.814. The second kappa shape index (κ2) is 7.72. The maximum absolute atomic E-state index is 14.0. The molecule has 0 spiro atoms. The van der Waals surface area contributed by atoms with Gasteiger partial charge in [-0.25, -0.2) is 9.37 Å². The van der Waals surface area contributed by atoms with Crippen molar-refractivity contribution in [2.45, 2.75) is 39.3 Å². The smallest absolute Gasteiger partial charge is 0.217 e. The normalized spacial score (nSPS) is 17.8. The molecule has 1 fully saturated rings. The zero-order valence-corrected chi connectivity index (χ0v) is 15.3. The molecule has 3 rings (SSSR count). The van der Waals surface area contributed by atoms with E-state index in [-0.39, 0.29) is 23.9 Å². The van der Waals surface area contributed by atoms with E-state index in [2.05, 4.69) is 10.3 Å². The van der Waals surface area contributed by atoms with E-state index in [0.29, 0.717) is 12.4 Å². The lowest BCUT2D eigenvalue weighted by Crippen LogP contribution is -2.26. The molecular weight excluding hydrogens is 333 g/mol. The molecule has 1 aliphatic heterocycles. The van der Waals surface area contributed by atoms with Crippen LogP contribution >= 0.6 is 0 Å². The number of anilines is 1. The molecule has 0 aliphatic carbocycles. The predicted octanol–water partition coefficient (Wildman–Crippen LogP) is 3.38. The van der Waals surface area contributed by atoms with Gasteiger partial charge in [-0.3, -0.25) is 4.79 Å². The molecule has 0 saturated carbocycles. The van der Waals surface area contributed by atoms with Crippen molar-refractivity contribution in [2.75, 3.05) is 18.0 Å². The lowest BCUT2D eigenvalue weighted by Gasteiger charge is -2.19. The van der Waals surface area contributed by atoms with Gasteiger partial charge in [0.15, 0.2) is 11.6 Å². The number of amides is 1. The van der Waals surface area contributed by atoms with Gasteiger partial charge in [-0.1, -0.05) is 12.1 Å². The SMILES string of the molecule is CC(=O)N[C@@H](C)c1ccc(OC2CCN(c3nc(C)ccc3F)C2)cc1. The molecule has 0 radical (unpaired) electrons. The van der Waals surface area contributed by atoms with Crippen molar-refractivity contribution < 1.29 is 13.9 Å². The molecule has 1 amide bonds. The number of nitrogens with zero attached hydrogens (tertiary/aromatic N) is 2. The van der Waals surface area contributed by atoms with Crippen molar-refractivity contribution in [1.29, 1.82) is 0 Å². The molecule has 1 aliphatic rings. The minimum atomic E-state index is -0.299. The summed E-state index contributed by atoms with van der Waals surface area (Å²) in [4.78, 5) is 17.4. The van der Waals surface area contributed by atoms with Crippen LogP contribution in [-0.4, -0.2) is 30.1 Å². The van der Waals surface area contributed by atoms with Crippen molar-refractivity contribution >= 4 is 11.7 Å². The van der Waals surface area contributed by atoms with E-state index in [1.165, 1.54) is 13.0 Å². The molecule has 5 nitrogen and oxygen atoms in total. The van der Waals surface area contributed by atoms with Crippen LogP contribution in [0.1, 0.15) is 37.6 Å². The number of benzene rings is 1. The number of aromatic nitrogens is 1. The number of carbonyl (C=O) groups excluding carboxylic acids is 1. The van der Waals surface area contributed by atoms with Crippen LogP contribution in [0, 0.1) is 12.7 Å². The molecule has 1 aromatic heterocycles. The molecule has 138 valence electrons. The van der Waals surface area contributed by atoms with Crippen LogP contribution < -0.4 is 15.0 Å². The first-order valence-corrected chi connectivity index (χ1v) is 8.84. The fourth-order valence-corrected chi connectivity index (χ4v) is 3.18. The number of ether oxygens (including phenoxy) is 1. The molecule has 2 heterocycles. The Morgan fingerprint density at radius 2 is 2.04 bits per heavy atom. The molecular formula is C20H24FN3O2. The molecule has 6 heteroatoms. The first-order valence-electron chi connectivity index (χ1n) is 8.84. The summed E-state index contributed by atoms with van der Waals surface area (Å²) >= 11 is 0. The summed E-state index contributed by atoms with van der Waals surface area (Å²) in [7, 11) is 0. The van der Waals surface area contributed by atoms with E-state index in [1.807, 2.05) is 43.0 Å². The molecule has 1 unspecified atom stereocenters. The van der Waals surface area contributed by atoms with Crippen molar-refractivity contribution in [2.24, 2.45) is 0 Å². The molecule has 1 aromatic carbocycles. The van der Waals surface area contributed by atoms with Crippen molar-refractivity contribution in [3.8, 4) is 5.75 Å². The van der Waals surface area contributed by atoms with E-state index in [4.69, 9.17) is 4.74 Å². The van der Waals surface area contributed by atoms with Gasteiger partial charge in [0.25, 0.3) is 0 Å². The third kappa shape index (κ3) is 4.31. The van der Waals surface area contributed by atoms with Gasteiger partial charge in [-0.15, -0.1) is 0 Å². The fourth-order valence-electron chi connectivity index (χ4n) is 3.18. The number of aryl methyl sites for hydroxylation is 1. The molecule has 26 heavy (non-hydrogen) atoms. The summed E-state index contributed by atoms with van der Waals surface area (Å²) in [5.74, 6) is 0.817. The van der Waals surface area contributed by atoms with E-state index >= 15 is 0 Å². The monoisotopic (exact) mass is 357 g/mol. The number of carbonyl (C=O) groups is 1. The predicted molar refractivity (Wildman–Crippen MR) is 98.9 cm³/mol. The first kappa shape index (κ1) is 18.2. The zero-order valence-electron chi connectivity index (χ0n) is 15.3. The average molecular weight is 357 g/mol. The van der Waals surface area contributed by atoms with Crippen molar-refractivity contribution in [3.63, 3.8) is 0 Å². The fraction of sp³-hybridized carbons (Fsp3) is 0.400. The van der Waals surface area contributed by atoms with E-state index < -0.39 is 0 Å². The van der Waals surface area contributed by atoms with Crippen molar-refractivity contribution in [3.05, 3.63) is 53.5 Å². The topological polar surface area (TPSA) is 54.5 Å². The minimum Gasteiger partial charge on any atom is -0.489 e. The van der Waals surface area contributed by atoms with Gasteiger partial charge >= 0.3 is 0 Å².